The number of nitrogens with one attached hydrogen (secondary N) is 3. The predicted molar refractivity (Wildman–Crippen MR) is 132 cm³/mol. The van der Waals surface area contributed by atoms with Gasteiger partial charge in [-0.3, -0.25) is 9.59 Å². The third-order valence-electron chi connectivity index (χ3n) is 4.87. The summed E-state index contributed by atoms with van der Waals surface area (Å²) in [7, 11) is 0. The third-order valence-corrected chi connectivity index (χ3v) is 4.87. The number of hydrazone groups is 1. The minimum Gasteiger partial charge on any atom is -0.361 e. The molecule has 0 aliphatic heterocycles. The van der Waals surface area contributed by atoms with Gasteiger partial charge in [0.2, 0.25) is 0 Å². The van der Waals surface area contributed by atoms with Gasteiger partial charge in [0.05, 0.1) is 6.21 Å². The van der Waals surface area contributed by atoms with Gasteiger partial charge in [-0.25, -0.2) is 5.43 Å². The SMILES string of the molecule is O=C(N/N=C/c1c[nH]c2ccccc12)/C(=C/C=C/c1ccccc1)NC(=O)c1ccccc1. The summed E-state index contributed by atoms with van der Waals surface area (Å²) in [6.45, 7) is 0. The van der Waals surface area contributed by atoms with Crippen LogP contribution in [0.15, 0.2) is 114 Å². The fourth-order valence-corrected chi connectivity index (χ4v) is 3.20. The van der Waals surface area contributed by atoms with E-state index in [1.165, 1.54) is 0 Å². The minimum atomic E-state index is -0.534. The molecule has 1 heterocycles. The van der Waals surface area contributed by atoms with Crippen LogP contribution in [0.4, 0.5) is 0 Å². The molecular weight excluding hydrogens is 412 g/mol. The summed E-state index contributed by atoms with van der Waals surface area (Å²) in [5.41, 5.74) is 5.81. The molecule has 0 aliphatic carbocycles. The maximum atomic E-state index is 12.8. The molecule has 33 heavy (non-hydrogen) atoms. The fraction of sp³-hybridized carbons (Fsp3) is 0. The maximum Gasteiger partial charge on any atom is 0.287 e. The summed E-state index contributed by atoms with van der Waals surface area (Å²) in [5, 5.41) is 7.74. The zero-order chi connectivity index (χ0) is 22.9. The number of fused-ring (bicyclic) bond motifs is 1. The van der Waals surface area contributed by atoms with Crippen LogP contribution in [0.2, 0.25) is 0 Å². The summed E-state index contributed by atoms with van der Waals surface area (Å²) in [6.07, 6.45) is 8.48. The number of carbonyl (C=O) groups is 2. The Morgan fingerprint density at radius 2 is 1.55 bits per heavy atom. The predicted octanol–water partition coefficient (Wildman–Crippen LogP) is 4.65. The van der Waals surface area contributed by atoms with E-state index in [0.717, 1.165) is 22.0 Å². The van der Waals surface area contributed by atoms with E-state index in [-0.39, 0.29) is 11.6 Å². The van der Waals surface area contributed by atoms with Crippen LogP contribution < -0.4 is 10.7 Å². The van der Waals surface area contributed by atoms with Crippen LogP contribution in [0.5, 0.6) is 0 Å². The highest BCUT2D eigenvalue weighted by Gasteiger charge is 2.13. The lowest BCUT2D eigenvalue weighted by Gasteiger charge is -2.08. The molecule has 3 aromatic carbocycles. The zero-order valence-electron chi connectivity index (χ0n) is 17.7. The molecule has 2 amide bonds. The smallest absolute Gasteiger partial charge is 0.287 e. The van der Waals surface area contributed by atoms with Gasteiger partial charge in [-0.1, -0.05) is 78.9 Å². The van der Waals surface area contributed by atoms with E-state index in [1.807, 2.05) is 72.9 Å². The second-order valence-electron chi connectivity index (χ2n) is 7.16. The highest BCUT2D eigenvalue weighted by Crippen LogP contribution is 2.15. The Bertz CT molecular complexity index is 1340. The number of hydrogen-bond acceptors (Lipinski definition) is 3. The highest BCUT2D eigenvalue weighted by molar-refractivity contribution is 6.04. The molecule has 0 aliphatic rings. The normalized spacial score (nSPS) is 11.8. The van der Waals surface area contributed by atoms with E-state index in [4.69, 9.17) is 0 Å². The quantitative estimate of drug-likeness (QED) is 0.171. The fourth-order valence-electron chi connectivity index (χ4n) is 3.20. The third kappa shape index (κ3) is 5.71. The largest absolute Gasteiger partial charge is 0.361 e. The lowest BCUT2D eigenvalue weighted by atomic mass is 10.2. The lowest BCUT2D eigenvalue weighted by Crippen LogP contribution is -2.32. The number of amides is 2. The number of carbonyl (C=O) groups excluding carboxylic acids is 2. The van der Waals surface area contributed by atoms with Gasteiger partial charge in [0.1, 0.15) is 5.70 Å². The Morgan fingerprint density at radius 1 is 0.848 bits per heavy atom. The highest BCUT2D eigenvalue weighted by atomic mass is 16.2. The van der Waals surface area contributed by atoms with Crippen LogP contribution in [0.3, 0.4) is 0 Å². The first kappa shape index (κ1) is 21.5. The first-order valence-electron chi connectivity index (χ1n) is 10.4. The summed E-state index contributed by atoms with van der Waals surface area (Å²) in [4.78, 5) is 28.6. The Morgan fingerprint density at radius 3 is 2.33 bits per heavy atom. The van der Waals surface area contributed by atoms with E-state index >= 15 is 0 Å². The van der Waals surface area contributed by atoms with Crippen molar-refractivity contribution in [2.45, 2.75) is 0 Å². The molecule has 0 spiro atoms. The number of nitrogens with zero attached hydrogens (tertiary/aromatic N) is 1. The average Bonchev–Trinajstić information content (AvgIpc) is 3.27. The van der Waals surface area contributed by atoms with Crippen molar-refractivity contribution < 1.29 is 9.59 Å². The van der Waals surface area contributed by atoms with Crippen LogP contribution in [0.25, 0.3) is 17.0 Å². The molecule has 0 radical (unpaired) electrons. The van der Waals surface area contributed by atoms with Gasteiger partial charge in [0.15, 0.2) is 0 Å². The van der Waals surface area contributed by atoms with Gasteiger partial charge >= 0.3 is 0 Å². The van der Waals surface area contributed by atoms with Crippen molar-refractivity contribution in [2.24, 2.45) is 5.10 Å². The van der Waals surface area contributed by atoms with Gasteiger partial charge in [-0.2, -0.15) is 5.10 Å². The number of para-hydroxylation sites is 1. The first-order chi connectivity index (χ1) is 16.2. The van der Waals surface area contributed by atoms with Crippen molar-refractivity contribution in [2.75, 3.05) is 0 Å². The summed E-state index contributed by atoms with van der Waals surface area (Å²) < 4.78 is 0. The number of aromatic amines is 1. The molecule has 3 N–H and O–H groups in total. The standard InChI is InChI=1S/C27H22N4O2/c32-26(21-13-5-2-6-14-21)30-25(17-9-12-20-10-3-1-4-11-20)27(33)31-29-19-22-18-28-24-16-8-7-15-23(22)24/h1-19,28H,(H,30,32)(H,31,33)/b12-9+,25-17-,29-19+. The number of rotatable bonds is 7. The number of hydrogen-bond donors (Lipinski definition) is 3. The van der Waals surface area contributed by atoms with Crippen molar-refractivity contribution in [1.82, 2.24) is 15.7 Å². The molecule has 4 aromatic rings. The van der Waals surface area contributed by atoms with Gasteiger partial charge < -0.3 is 10.3 Å². The molecule has 0 bridgehead atoms. The summed E-state index contributed by atoms with van der Waals surface area (Å²) in [5.74, 6) is -0.918. The topological polar surface area (TPSA) is 86.3 Å². The Balaban J connectivity index is 1.51. The summed E-state index contributed by atoms with van der Waals surface area (Å²) in [6, 6.07) is 26.2. The molecule has 0 saturated heterocycles. The van der Waals surface area contributed by atoms with Crippen molar-refractivity contribution in [3.63, 3.8) is 0 Å². The maximum absolute atomic E-state index is 12.8. The molecular formula is C27H22N4O2. The monoisotopic (exact) mass is 434 g/mol. The van der Waals surface area contributed by atoms with Gasteiger partial charge in [-0.15, -0.1) is 0 Å². The van der Waals surface area contributed by atoms with Gasteiger partial charge in [-0.05, 0) is 29.8 Å². The Labute approximate surface area is 191 Å². The first-order valence-corrected chi connectivity index (χ1v) is 10.4. The van der Waals surface area contributed by atoms with E-state index in [0.29, 0.717) is 5.56 Å². The number of aromatic nitrogens is 1. The van der Waals surface area contributed by atoms with Crippen molar-refractivity contribution in [3.8, 4) is 0 Å². The number of allylic oxidation sites excluding steroid dienone is 2. The number of H-pyrrole nitrogens is 1. The lowest BCUT2D eigenvalue weighted by molar-refractivity contribution is -0.117. The van der Waals surface area contributed by atoms with Crippen molar-refractivity contribution in [1.29, 1.82) is 0 Å². The Hall–Kier alpha value is -4.71. The molecule has 1 aromatic heterocycles. The van der Waals surface area contributed by atoms with Crippen LogP contribution >= 0.6 is 0 Å². The molecule has 4 rings (SSSR count). The second kappa shape index (κ2) is 10.5. The molecule has 0 saturated carbocycles. The molecule has 0 atom stereocenters. The molecule has 0 unspecified atom stereocenters. The van der Waals surface area contributed by atoms with Crippen LogP contribution in [-0.4, -0.2) is 23.0 Å². The molecule has 0 fully saturated rings. The van der Waals surface area contributed by atoms with E-state index in [2.05, 4.69) is 20.8 Å². The number of benzene rings is 3. The summed E-state index contributed by atoms with van der Waals surface area (Å²) >= 11 is 0. The molecule has 6 heteroatoms. The van der Waals surface area contributed by atoms with Crippen molar-refractivity contribution in [3.05, 3.63) is 126 Å². The van der Waals surface area contributed by atoms with Crippen LogP contribution in [0, 0.1) is 0 Å². The molecule has 6 nitrogen and oxygen atoms in total. The second-order valence-corrected chi connectivity index (χ2v) is 7.16. The van der Waals surface area contributed by atoms with E-state index in [9.17, 15) is 9.59 Å². The van der Waals surface area contributed by atoms with E-state index < -0.39 is 5.91 Å². The zero-order valence-corrected chi connectivity index (χ0v) is 17.7. The van der Waals surface area contributed by atoms with E-state index in [1.54, 1.807) is 42.6 Å². The average molecular weight is 434 g/mol. The van der Waals surface area contributed by atoms with Gasteiger partial charge in [0, 0.05) is 28.2 Å². The van der Waals surface area contributed by atoms with Gasteiger partial charge in [0.25, 0.3) is 11.8 Å². The van der Waals surface area contributed by atoms with Crippen molar-refractivity contribution >= 4 is 35.0 Å². The molecule has 162 valence electrons. The Kier molecular flexibility index (Phi) is 6.88. The van der Waals surface area contributed by atoms with Crippen LogP contribution in [0.1, 0.15) is 21.5 Å². The minimum absolute atomic E-state index is 0.0760. The van der Waals surface area contributed by atoms with Crippen LogP contribution in [-0.2, 0) is 4.79 Å².